The van der Waals surface area contributed by atoms with Gasteiger partial charge in [0.15, 0.2) is 0 Å². The number of hydrogen-bond acceptors (Lipinski definition) is 3. The van der Waals surface area contributed by atoms with Crippen LogP contribution in [-0.2, 0) is 0 Å². The van der Waals surface area contributed by atoms with Crippen molar-refractivity contribution in [3.05, 3.63) is 35.4 Å². The van der Waals surface area contributed by atoms with Crippen molar-refractivity contribution < 1.29 is 0 Å². The van der Waals surface area contributed by atoms with Crippen molar-refractivity contribution in [2.45, 2.75) is 38.3 Å². The van der Waals surface area contributed by atoms with Gasteiger partial charge in [-0.15, -0.1) is 0 Å². The molecule has 1 aromatic rings. The minimum atomic E-state index is 0.442. The molecule has 2 heterocycles. The minimum absolute atomic E-state index is 0.442. The zero-order chi connectivity index (χ0) is 14.7. The average Bonchev–Trinajstić information content (AvgIpc) is 2.83. The number of likely N-dealkylation sites (N-methyl/N-ethyl adjacent to an activating group) is 1. The Balaban J connectivity index is 1.65. The summed E-state index contributed by atoms with van der Waals surface area (Å²) in [6.07, 6.45) is 4.11. The highest BCUT2D eigenvalue weighted by Crippen LogP contribution is 2.23. The van der Waals surface area contributed by atoms with E-state index < -0.39 is 0 Å². The molecule has 0 aliphatic carbocycles. The maximum Gasteiger partial charge on any atom is 0.0446 e. The molecule has 2 aliphatic heterocycles. The van der Waals surface area contributed by atoms with E-state index in [4.69, 9.17) is 0 Å². The summed E-state index contributed by atoms with van der Waals surface area (Å²) in [6, 6.07) is 10.2. The second-order valence-electron chi connectivity index (χ2n) is 6.70. The number of benzene rings is 1. The van der Waals surface area contributed by atoms with Gasteiger partial charge in [-0.1, -0.05) is 29.8 Å². The number of rotatable bonds is 4. The maximum absolute atomic E-state index is 3.52. The maximum atomic E-state index is 3.52. The molecule has 116 valence electrons. The summed E-state index contributed by atoms with van der Waals surface area (Å²) >= 11 is 0. The molecule has 0 spiro atoms. The number of nitrogens with zero attached hydrogens (tertiary/aromatic N) is 2. The lowest BCUT2D eigenvalue weighted by atomic mass is 10.0. The first-order valence-electron chi connectivity index (χ1n) is 8.46. The Labute approximate surface area is 129 Å². The molecule has 3 nitrogen and oxygen atoms in total. The van der Waals surface area contributed by atoms with Crippen LogP contribution in [0, 0.1) is 6.92 Å². The van der Waals surface area contributed by atoms with Crippen LogP contribution in [0.15, 0.2) is 24.3 Å². The second-order valence-corrected chi connectivity index (χ2v) is 6.70. The smallest absolute Gasteiger partial charge is 0.0446 e. The van der Waals surface area contributed by atoms with Gasteiger partial charge in [-0.3, -0.25) is 9.80 Å². The Morgan fingerprint density at radius 2 is 2.10 bits per heavy atom. The normalized spacial score (nSPS) is 25.5. The molecule has 2 aliphatic rings. The van der Waals surface area contributed by atoms with Gasteiger partial charge in [0, 0.05) is 25.2 Å². The summed E-state index contributed by atoms with van der Waals surface area (Å²) < 4.78 is 0. The number of hydrogen-bond donors (Lipinski definition) is 1. The number of nitrogens with one attached hydrogen (secondary N) is 1. The Morgan fingerprint density at radius 3 is 2.90 bits per heavy atom. The molecule has 2 saturated heterocycles. The number of fused-ring (bicyclic) bond motifs is 1. The lowest BCUT2D eigenvalue weighted by Crippen LogP contribution is -2.40. The molecular formula is C18H29N3. The predicted octanol–water partition coefficient (Wildman–Crippen LogP) is 2.43. The third-order valence-corrected chi connectivity index (χ3v) is 5.12. The molecule has 21 heavy (non-hydrogen) atoms. The molecular weight excluding hydrogens is 258 g/mol. The van der Waals surface area contributed by atoms with Gasteiger partial charge in [0.2, 0.25) is 0 Å². The Hall–Kier alpha value is -0.900. The molecule has 0 amide bonds. The van der Waals surface area contributed by atoms with Gasteiger partial charge < -0.3 is 5.32 Å². The molecule has 2 atom stereocenters. The van der Waals surface area contributed by atoms with E-state index in [1.807, 2.05) is 0 Å². The van der Waals surface area contributed by atoms with Crippen molar-refractivity contribution >= 4 is 0 Å². The van der Waals surface area contributed by atoms with Gasteiger partial charge in [-0.25, -0.2) is 0 Å². The Bertz CT molecular complexity index is 460. The van der Waals surface area contributed by atoms with Crippen molar-refractivity contribution in [1.29, 1.82) is 0 Å². The quantitative estimate of drug-likeness (QED) is 0.917. The summed E-state index contributed by atoms with van der Waals surface area (Å²) in [6.45, 7) is 8.44. The molecule has 2 fully saturated rings. The molecule has 1 aromatic carbocycles. The van der Waals surface area contributed by atoms with E-state index in [9.17, 15) is 0 Å². The topological polar surface area (TPSA) is 18.5 Å². The highest BCUT2D eigenvalue weighted by Gasteiger charge is 2.29. The molecule has 1 N–H and O–H groups in total. The van der Waals surface area contributed by atoms with Gasteiger partial charge in [-0.05, 0) is 58.4 Å². The van der Waals surface area contributed by atoms with Crippen molar-refractivity contribution in [2.75, 3.05) is 39.8 Å². The van der Waals surface area contributed by atoms with E-state index in [0.717, 1.165) is 12.6 Å². The largest absolute Gasteiger partial charge is 0.312 e. The second kappa shape index (κ2) is 6.91. The van der Waals surface area contributed by atoms with E-state index in [-0.39, 0.29) is 0 Å². The fourth-order valence-corrected chi connectivity index (χ4v) is 3.96. The molecule has 0 radical (unpaired) electrons. The van der Waals surface area contributed by atoms with E-state index in [1.165, 1.54) is 56.6 Å². The fraction of sp³-hybridized carbons (Fsp3) is 0.667. The van der Waals surface area contributed by atoms with Crippen molar-refractivity contribution in [2.24, 2.45) is 0 Å². The molecule has 3 rings (SSSR count). The Morgan fingerprint density at radius 1 is 1.24 bits per heavy atom. The van der Waals surface area contributed by atoms with Crippen LogP contribution < -0.4 is 5.32 Å². The third kappa shape index (κ3) is 3.65. The van der Waals surface area contributed by atoms with Crippen LogP contribution in [0.5, 0.6) is 0 Å². The molecule has 2 unspecified atom stereocenters. The molecule has 0 aromatic heterocycles. The first-order chi connectivity index (χ1) is 10.3. The summed E-state index contributed by atoms with van der Waals surface area (Å²) in [7, 11) is 2.09. The van der Waals surface area contributed by atoms with Gasteiger partial charge in [0.05, 0.1) is 0 Å². The lowest BCUT2D eigenvalue weighted by Gasteiger charge is -2.29. The minimum Gasteiger partial charge on any atom is -0.312 e. The van der Waals surface area contributed by atoms with Crippen LogP contribution in [-0.4, -0.2) is 55.6 Å². The lowest BCUT2D eigenvalue weighted by molar-refractivity contribution is 0.207. The van der Waals surface area contributed by atoms with Crippen LogP contribution >= 0.6 is 0 Å². The zero-order valence-electron chi connectivity index (χ0n) is 13.5. The van der Waals surface area contributed by atoms with Crippen LogP contribution in [0.25, 0.3) is 0 Å². The van der Waals surface area contributed by atoms with E-state index in [1.54, 1.807) is 0 Å². The van der Waals surface area contributed by atoms with Crippen LogP contribution in [0.3, 0.4) is 0 Å². The SMILES string of the molecule is CNC(CN1CCCN2CCCC2C1)c1cccc(C)c1. The zero-order valence-corrected chi connectivity index (χ0v) is 13.5. The molecule has 3 heteroatoms. The van der Waals surface area contributed by atoms with Crippen LogP contribution in [0.1, 0.15) is 36.4 Å². The van der Waals surface area contributed by atoms with E-state index in [2.05, 4.69) is 53.4 Å². The first-order valence-corrected chi connectivity index (χ1v) is 8.46. The molecule has 0 bridgehead atoms. The fourth-order valence-electron chi connectivity index (χ4n) is 3.96. The first kappa shape index (κ1) is 15.0. The van der Waals surface area contributed by atoms with Crippen LogP contribution in [0.4, 0.5) is 0 Å². The molecule has 0 saturated carbocycles. The average molecular weight is 287 g/mol. The summed E-state index contributed by atoms with van der Waals surface area (Å²) in [4.78, 5) is 5.39. The van der Waals surface area contributed by atoms with Crippen LogP contribution in [0.2, 0.25) is 0 Å². The van der Waals surface area contributed by atoms with E-state index in [0.29, 0.717) is 6.04 Å². The standard InChI is InChI=1S/C18H29N3/c1-15-6-3-7-16(12-15)18(19-2)14-20-9-5-11-21-10-4-8-17(21)13-20/h3,6-7,12,17-19H,4-5,8-11,13-14H2,1-2H3. The summed E-state index contributed by atoms with van der Waals surface area (Å²) in [5.74, 6) is 0. The number of aryl methyl sites for hydroxylation is 1. The van der Waals surface area contributed by atoms with Gasteiger partial charge in [0.25, 0.3) is 0 Å². The van der Waals surface area contributed by atoms with Gasteiger partial charge >= 0.3 is 0 Å². The van der Waals surface area contributed by atoms with Crippen molar-refractivity contribution in [3.8, 4) is 0 Å². The van der Waals surface area contributed by atoms with Crippen molar-refractivity contribution in [3.63, 3.8) is 0 Å². The monoisotopic (exact) mass is 287 g/mol. The van der Waals surface area contributed by atoms with Gasteiger partial charge in [0.1, 0.15) is 0 Å². The van der Waals surface area contributed by atoms with Crippen molar-refractivity contribution in [1.82, 2.24) is 15.1 Å². The summed E-state index contributed by atoms with van der Waals surface area (Å²) in [5, 5.41) is 3.52. The summed E-state index contributed by atoms with van der Waals surface area (Å²) in [5.41, 5.74) is 2.77. The van der Waals surface area contributed by atoms with Gasteiger partial charge in [-0.2, -0.15) is 0 Å². The van der Waals surface area contributed by atoms with E-state index >= 15 is 0 Å². The highest BCUT2D eigenvalue weighted by molar-refractivity contribution is 5.25. The highest BCUT2D eigenvalue weighted by atomic mass is 15.3. The Kier molecular flexibility index (Phi) is 4.94. The third-order valence-electron chi connectivity index (χ3n) is 5.12. The predicted molar refractivity (Wildman–Crippen MR) is 88.6 cm³/mol.